The van der Waals surface area contributed by atoms with Gasteiger partial charge >= 0.3 is 6.18 Å². The molecule has 29 heavy (non-hydrogen) atoms. The summed E-state index contributed by atoms with van der Waals surface area (Å²) in [5.74, 6) is -0.378. The molecule has 2 aromatic heterocycles. The van der Waals surface area contributed by atoms with Gasteiger partial charge in [0.2, 0.25) is 0 Å². The minimum absolute atomic E-state index is 0.0403. The zero-order valence-corrected chi connectivity index (χ0v) is 15.5. The van der Waals surface area contributed by atoms with E-state index in [4.69, 9.17) is 0 Å². The fourth-order valence-electron chi connectivity index (χ4n) is 2.44. The number of benzene rings is 1. The van der Waals surface area contributed by atoms with E-state index in [0.717, 1.165) is 18.0 Å². The average molecular weight is 402 g/mol. The normalized spacial score (nSPS) is 11.8. The number of carbonyl (C=O) groups excluding carboxylic acids is 1. The first kappa shape index (κ1) is 20.2. The molecule has 10 heteroatoms. The van der Waals surface area contributed by atoms with Gasteiger partial charge < -0.3 is 10.6 Å². The molecule has 3 rings (SSSR count). The van der Waals surface area contributed by atoms with Crippen LogP contribution in [-0.2, 0) is 11.7 Å². The zero-order valence-electron chi connectivity index (χ0n) is 15.5. The third kappa shape index (κ3) is 5.03. The second kappa shape index (κ2) is 7.82. The molecule has 2 N–H and O–H groups in total. The van der Waals surface area contributed by atoms with E-state index in [1.807, 2.05) is 30.3 Å². The molecule has 0 aliphatic heterocycles. The van der Waals surface area contributed by atoms with Crippen LogP contribution in [0.2, 0.25) is 0 Å². The Kier molecular flexibility index (Phi) is 5.44. The summed E-state index contributed by atoms with van der Waals surface area (Å²) in [6.07, 6.45) is -2.39. The Morgan fingerprint density at radius 1 is 1.00 bits per heavy atom. The second-order valence-electron chi connectivity index (χ2n) is 6.62. The summed E-state index contributed by atoms with van der Waals surface area (Å²) in [7, 11) is 0. The summed E-state index contributed by atoms with van der Waals surface area (Å²) >= 11 is 0. The number of anilines is 2. The highest BCUT2D eigenvalue weighted by atomic mass is 19.4. The van der Waals surface area contributed by atoms with E-state index in [9.17, 15) is 18.0 Å². The first-order valence-corrected chi connectivity index (χ1v) is 8.52. The third-order valence-electron chi connectivity index (χ3n) is 3.88. The first-order chi connectivity index (χ1) is 13.6. The van der Waals surface area contributed by atoms with Gasteiger partial charge in [-0.3, -0.25) is 4.79 Å². The number of amides is 1. The highest BCUT2D eigenvalue weighted by molar-refractivity contribution is 5.93. The molecule has 0 aliphatic carbocycles. The highest BCUT2D eigenvalue weighted by Gasteiger charge is 2.35. The molecule has 0 unspecified atom stereocenters. The molecular formula is C19H17F3N6O. The molecule has 0 saturated carbocycles. The lowest BCUT2D eigenvalue weighted by atomic mass is 10.0. The summed E-state index contributed by atoms with van der Waals surface area (Å²) in [6, 6.07) is 11.4. The van der Waals surface area contributed by atoms with E-state index in [1.165, 1.54) is 26.2 Å². The maximum atomic E-state index is 12.9. The van der Waals surface area contributed by atoms with Gasteiger partial charge in [-0.15, -0.1) is 0 Å². The van der Waals surface area contributed by atoms with E-state index < -0.39 is 23.3 Å². The topological polar surface area (TPSA) is 92.7 Å². The maximum absolute atomic E-state index is 12.9. The van der Waals surface area contributed by atoms with Crippen LogP contribution in [0, 0.1) is 0 Å². The van der Waals surface area contributed by atoms with E-state index in [1.54, 1.807) is 0 Å². The van der Waals surface area contributed by atoms with Crippen LogP contribution < -0.4 is 10.6 Å². The van der Waals surface area contributed by atoms with Crippen LogP contribution in [0.15, 0.2) is 55.0 Å². The van der Waals surface area contributed by atoms with Crippen LogP contribution in [0.4, 0.5) is 24.7 Å². The van der Waals surface area contributed by atoms with Crippen molar-refractivity contribution in [3.63, 3.8) is 0 Å². The van der Waals surface area contributed by atoms with Crippen molar-refractivity contribution in [1.82, 2.24) is 25.3 Å². The van der Waals surface area contributed by atoms with Gasteiger partial charge in [0.05, 0.1) is 5.54 Å². The van der Waals surface area contributed by atoms with Crippen molar-refractivity contribution < 1.29 is 18.0 Å². The molecule has 2 heterocycles. The molecule has 150 valence electrons. The van der Waals surface area contributed by atoms with Gasteiger partial charge in [0.25, 0.3) is 5.91 Å². The van der Waals surface area contributed by atoms with Gasteiger partial charge in [0.15, 0.2) is 5.82 Å². The largest absolute Gasteiger partial charge is 0.433 e. The average Bonchev–Trinajstić information content (AvgIpc) is 2.68. The second-order valence-corrected chi connectivity index (χ2v) is 6.62. The third-order valence-corrected chi connectivity index (χ3v) is 3.88. The van der Waals surface area contributed by atoms with Crippen molar-refractivity contribution in [3.8, 4) is 0 Å². The molecule has 7 nitrogen and oxygen atoms in total. The van der Waals surface area contributed by atoms with Crippen molar-refractivity contribution in [2.45, 2.75) is 25.6 Å². The molecule has 0 aliphatic rings. The van der Waals surface area contributed by atoms with Crippen molar-refractivity contribution in [2.24, 2.45) is 0 Å². The van der Waals surface area contributed by atoms with Gasteiger partial charge in [-0.2, -0.15) is 13.2 Å². The van der Waals surface area contributed by atoms with Crippen molar-refractivity contribution in [2.75, 3.05) is 5.32 Å². The molecule has 0 spiro atoms. The van der Waals surface area contributed by atoms with Gasteiger partial charge in [0.1, 0.15) is 23.5 Å². The number of nitrogens with zero attached hydrogens (tertiary/aromatic N) is 4. The van der Waals surface area contributed by atoms with Gasteiger partial charge in [-0.25, -0.2) is 19.9 Å². The quantitative estimate of drug-likeness (QED) is 0.676. The van der Waals surface area contributed by atoms with E-state index >= 15 is 0 Å². The van der Waals surface area contributed by atoms with Gasteiger partial charge in [0, 0.05) is 18.0 Å². The Morgan fingerprint density at radius 3 is 2.41 bits per heavy atom. The standard InChI is InChI=1S/C19H17F3N6O/c1-18(2,17-23-9-8-14(27-17)19(20,21)22)28-16(29)13-10-15(25-11-24-13)26-12-6-4-3-5-7-12/h3-11H,1-2H3,(H,28,29)(H,24,25,26). The number of halogens is 3. The number of hydrogen-bond donors (Lipinski definition) is 2. The Labute approximate surface area is 164 Å². The lowest BCUT2D eigenvalue weighted by Gasteiger charge is -2.25. The van der Waals surface area contributed by atoms with Crippen LogP contribution in [0.25, 0.3) is 0 Å². The molecule has 0 radical (unpaired) electrons. The van der Waals surface area contributed by atoms with Crippen LogP contribution >= 0.6 is 0 Å². The predicted molar refractivity (Wildman–Crippen MR) is 99.3 cm³/mol. The van der Waals surface area contributed by atoms with Crippen LogP contribution in [-0.4, -0.2) is 25.8 Å². The molecule has 3 aromatic rings. The SMILES string of the molecule is CC(C)(NC(=O)c1cc(Nc2ccccc2)ncn1)c1nccc(C(F)(F)F)n1. The molecule has 0 bridgehead atoms. The Hall–Kier alpha value is -3.56. The zero-order chi connectivity index (χ0) is 21.1. The molecule has 1 aromatic carbocycles. The summed E-state index contributed by atoms with van der Waals surface area (Å²) in [6.45, 7) is 3.01. The molecular weight excluding hydrogens is 385 g/mol. The fraction of sp³-hybridized carbons (Fsp3) is 0.211. The Bertz CT molecular complexity index is 1010. The predicted octanol–water partition coefficient (Wildman–Crippen LogP) is 3.69. The Balaban J connectivity index is 1.78. The van der Waals surface area contributed by atoms with Crippen molar-refractivity contribution >= 4 is 17.4 Å². The number of hydrogen-bond acceptors (Lipinski definition) is 6. The molecule has 0 saturated heterocycles. The Morgan fingerprint density at radius 2 is 1.72 bits per heavy atom. The van der Waals surface area contributed by atoms with Crippen LogP contribution in [0.3, 0.4) is 0 Å². The number of para-hydroxylation sites is 1. The minimum atomic E-state index is -4.61. The summed E-state index contributed by atoms with van der Waals surface area (Å²) in [4.78, 5) is 28.0. The van der Waals surface area contributed by atoms with Gasteiger partial charge in [-0.05, 0) is 32.0 Å². The number of alkyl halides is 3. The van der Waals surface area contributed by atoms with Crippen LogP contribution in [0.5, 0.6) is 0 Å². The maximum Gasteiger partial charge on any atom is 0.433 e. The summed E-state index contributed by atoms with van der Waals surface area (Å²) in [5.41, 5.74) is -1.54. The molecule has 0 atom stereocenters. The summed E-state index contributed by atoms with van der Waals surface area (Å²) in [5, 5.41) is 5.65. The lowest BCUT2D eigenvalue weighted by molar-refractivity contribution is -0.141. The number of aromatic nitrogens is 4. The number of carbonyl (C=O) groups is 1. The highest BCUT2D eigenvalue weighted by Crippen LogP contribution is 2.28. The lowest BCUT2D eigenvalue weighted by Crippen LogP contribution is -2.43. The minimum Gasteiger partial charge on any atom is -0.340 e. The smallest absolute Gasteiger partial charge is 0.340 e. The van der Waals surface area contributed by atoms with E-state index in [2.05, 4.69) is 30.6 Å². The molecule has 0 fully saturated rings. The van der Waals surface area contributed by atoms with Crippen molar-refractivity contribution in [1.29, 1.82) is 0 Å². The monoisotopic (exact) mass is 402 g/mol. The van der Waals surface area contributed by atoms with E-state index in [-0.39, 0.29) is 11.5 Å². The fourth-order valence-corrected chi connectivity index (χ4v) is 2.44. The van der Waals surface area contributed by atoms with Gasteiger partial charge in [-0.1, -0.05) is 18.2 Å². The first-order valence-electron chi connectivity index (χ1n) is 8.52. The number of rotatable bonds is 5. The number of nitrogens with one attached hydrogen (secondary N) is 2. The van der Waals surface area contributed by atoms with Crippen LogP contribution in [0.1, 0.15) is 35.9 Å². The van der Waals surface area contributed by atoms with E-state index in [0.29, 0.717) is 5.82 Å². The van der Waals surface area contributed by atoms with Crippen molar-refractivity contribution in [3.05, 3.63) is 72.2 Å². The molecule has 1 amide bonds. The summed E-state index contributed by atoms with van der Waals surface area (Å²) < 4.78 is 38.7.